The number of hydrogen-bond acceptors (Lipinski definition) is 2. The Balaban J connectivity index is -0.00000180. The average Bonchev–Trinajstić information content (AvgIpc) is 2.38. The molecule has 0 fully saturated rings. The van der Waals surface area contributed by atoms with Crippen LogP contribution in [0.2, 0.25) is 0 Å². The first-order valence-electron chi connectivity index (χ1n) is 7.02. The zero-order valence-corrected chi connectivity index (χ0v) is 16.9. The summed E-state index contributed by atoms with van der Waals surface area (Å²) in [4.78, 5) is 20.5. The van der Waals surface area contributed by atoms with E-state index >= 15 is 0 Å². The van der Waals surface area contributed by atoms with Crippen LogP contribution in [0.1, 0.15) is 64.2 Å². The largest absolute Gasteiger partial charge is 1.00 e. The molecule has 0 aromatic carbocycles. The summed E-state index contributed by atoms with van der Waals surface area (Å²) in [6.45, 7) is 0. The molecule has 0 saturated heterocycles. The van der Waals surface area contributed by atoms with Crippen molar-refractivity contribution in [1.29, 1.82) is 0 Å². The molecule has 22 heavy (non-hydrogen) atoms. The van der Waals surface area contributed by atoms with Crippen LogP contribution in [-0.2, 0) is 9.59 Å². The van der Waals surface area contributed by atoms with E-state index < -0.39 is 11.9 Å². The minimum absolute atomic E-state index is 0. The maximum Gasteiger partial charge on any atom is 1.00 e. The molecule has 0 spiro atoms. The Morgan fingerprint density at radius 1 is 0.682 bits per heavy atom. The fourth-order valence-corrected chi connectivity index (χ4v) is 1.55. The summed E-state index contributed by atoms with van der Waals surface area (Å²) >= 11 is 0. The first-order chi connectivity index (χ1) is 9.63. The Morgan fingerprint density at radius 3 is 1.36 bits per heavy atom. The minimum Gasteiger partial charge on any atom is -0.481 e. The monoisotopic (exact) mass is 332 g/mol. The molecule has 0 bridgehead atoms. The van der Waals surface area contributed by atoms with Gasteiger partial charge in [-0.05, 0) is 37.5 Å². The van der Waals surface area contributed by atoms with E-state index in [1.807, 2.05) is 0 Å². The Labute approximate surface area is 176 Å². The van der Waals surface area contributed by atoms with Crippen LogP contribution in [-0.4, -0.2) is 22.2 Å². The molecule has 4 nitrogen and oxygen atoms in total. The van der Waals surface area contributed by atoms with E-state index in [2.05, 4.69) is 23.7 Å². The van der Waals surface area contributed by atoms with E-state index in [1.165, 1.54) is 0 Å². The maximum atomic E-state index is 10.3. The minimum atomic E-state index is -0.745. The summed E-state index contributed by atoms with van der Waals surface area (Å²) in [5.74, 6) is 9.94. The number of carboxylic acids is 2. The van der Waals surface area contributed by atoms with Gasteiger partial charge in [0.25, 0.3) is 0 Å². The third-order valence-electron chi connectivity index (χ3n) is 2.62. The smallest absolute Gasteiger partial charge is 0.481 e. The Bertz CT molecular complexity index is 370. The molecule has 0 aromatic heterocycles. The van der Waals surface area contributed by atoms with Crippen LogP contribution in [0.5, 0.6) is 0 Å². The van der Waals surface area contributed by atoms with Crippen LogP contribution >= 0.6 is 0 Å². The van der Waals surface area contributed by atoms with Gasteiger partial charge in [-0.1, -0.05) is 24.7 Å². The van der Waals surface area contributed by atoms with Crippen LogP contribution in [0.25, 0.3) is 0 Å². The molecule has 118 valence electrons. The van der Waals surface area contributed by atoms with Crippen molar-refractivity contribution in [3.05, 3.63) is 7.43 Å². The Kier molecular flexibility index (Phi) is 25.0. The van der Waals surface area contributed by atoms with Crippen molar-refractivity contribution < 1.29 is 71.2 Å². The van der Waals surface area contributed by atoms with Crippen molar-refractivity contribution in [1.82, 2.24) is 0 Å². The standard InChI is InChI=1S/C16H22O4.CH3.K/c17-15(18)13-11-9-7-5-3-1-2-4-6-8-10-12-14-16(19)20;;/h5-14H2,(H,17,18)(H,19,20);1H3;/q;-1;+1. The molecule has 0 aliphatic rings. The Morgan fingerprint density at radius 2 is 1.05 bits per heavy atom. The quantitative estimate of drug-likeness (QED) is 0.265. The van der Waals surface area contributed by atoms with Gasteiger partial charge in [0, 0.05) is 25.7 Å². The zero-order chi connectivity index (χ0) is 15.1. The summed E-state index contributed by atoms with van der Waals surface area (Å²) in [5.41, 5.74) is 0. The fourth-order valence-electron chi connectivity index (χ4n) is 1.55. The number of unbranched alkanes of at least 4 members (excludes halogenated alkanes) is 6. The molecule has 0 aliphatic heterocycles. The maximum absolute atomic E-state index is 10.3. The number of rotatable bonds is 10. The molecule has 0 amide bonds. The van der Waals surface area contributed by atoms with E-state index in [-0.39, 0.29) is 71.7 Å². The van der Waals surface area contributed by atoms with Crippen molar-refractivity contribution >= 4 is 11.9 Å². The van der Waals surface area contributed by atoms with E-state index in [0.29, 0.717) is 12.8 Å². The fraction of sp³-hybridized carbons (Fsp3) is 0.588. The van der Waals surface area contributed by atoms with Crippen molar-refractivity contribution in [2.75, 3.05) is 0 Å². The summed E-state index contributed by atoms with van der Waals surface area (Å²) in [6.07, 6.45) is 6.99. The molecule has 2 N–H and O–H groups in total. The van der Waals surface area contributed by atoms with Gasteiger partial charge in [0.2, 0.25) is 0 Å². The van der Waals surface area contributed by atoms with Gasteiger partial charge in [-0.2, -0.15) is 0 Å². The zero-order valence-electron chi connectivity index (χ0n) is 13.8. The normalized spacial score (nSPS) is 8.18. The predicted molar refractivity (Wildman–Crippen MR) is 83.4 cm³/mol. The third-order valence-corrected chi connectivity index (χ3v) is 2.62. The van der Waals surface area contributed by atoms with Crippen molar-refractivity contribution in [3.8, 4) is 23.7 Å². The summed E-state index contributed by atoms with van der Waals surface area (Å²) < 4.78 is 0. The molecular weight excluding hydrogens is 307 g/mol. The van der Waals surface area contributed by atoms with Gasteiger partial charge in [0.1, 0.15) is 0 Å². The Hall–Kier alpha value is -0.304. The van der Waals surface area contributed by atoms with Crippen LogP contribution in [0.15, 0.2) is 0 Å². The molecular formula is C17H25KO4. The summed E-state index contributed by atoms with van der Waals surface area (Å²) in [6, 6.07) is 0. The number of carbonyl (C=O) groups is 2. The molecule has 0 aliphatic carbocycles. The molecule has 0 atom stereocenters. The molecule has 0 aromatic rings. The van der Waals surface area contributed by atoms with E-state index in [0.717, 1.165) is 38.5 Å². The van der Waals surface area contributed by atoms with Crippen molar-refractivity contribution in [2.24, 2.45) is 0 Å². The SMILES string of the molecule is O=C(O)CCCCCC#CC#CCCCCCC(=O)O.[CH3-].[K+]. The molecule has 0 radical (unpaired) electrons. The second-order valence-electron chi connectivity index (χ2n) is 4.51. The first kappa shape index (κ1) is 26.6. The average molecular weight is 332 g/mol. The molecule has 5 heteroatoms. The number of hydrogen-bond donors (Lipinski definition) is 2. The van der Waals surface area contributed by atoms with Gasteiger partial charge in [0.05, 0.1) is 0 Å². The summed E-state index contributed by atoms with van der Waals surface area (Å²) in [7, 11) is 0. The van der Waals surface area contributed by atoms with Gasteiger partial charge >= 0.3 is 63.3 Å². The van der Waals surface area contributed by atoms with Crippen LogP contribution in [0.3, 0.4) is 0 Å². The van der Waals surface area contributed by atoms with Crippen molar-refractivity contribution in [3.63, 3.8) is 0 Å². The van der Waals surface area contributed by atoms with E-state index in [1.54, 1.807) is 0 Å². The van der Waals surface area contributed by atoms with Gasteiger partial charge in [-0.25, -0.2) is 0 Å². The number of carboxylic acid groups (broad SMARTS) is 2. The molecule has 0 rings (SSSR count). The molecule has 0 unspecified atom stereocenters. The summed E-state index contributed by atoms with van der Waals surface area (Å²) in [5, 5.41) is 16.9. The third kappa shape index (κ3) is 24.7. The second-order valence-corrected chi connectivity index (χ2v) is 4.51. The van der Waals surface area contributed by atoms with Crippen LogP contribution in [0.4, 0.5) is 0 Å². The van der Waals surface area contributed by atoms with E-state index in [9.17, 15) is 9.59 Å². The topological polar surface area (TPSA) is 74.6 Å². The van der Waals surface area contributed by atoms with E-state index in [4.69, 9.17) is 10.2 Å². The van der Waals surface area contributed by atoms with Gasteiger partial charge < -0.3 is 17.6 Å². The van der Waals surface area contributed by atoms with Gasteiger partial charge in [-0.3, -0.25) is 9.59 Å². The molecule has 0 saturated carbocycles. The van der Waals surface area contributed by atoms with Gasteiger partial charge in [0.15, 0.2) is 0 Å². The van der Waals surface area contributed by atoms with Crippen molar-refractivity contribution in [2.45, 2.75) is 64.2 Å². The predicted octanol–water partition coefficient (Wildman–Crippen LogP) is 0.518. The molecule has 0 heterocycles. The van der Waals surface area contributed by atoms with Gasteiger partial charge in [-0.15, -0.1) is 0 Å². The van der Waals surface area contributed by atoms with Crippen LogP contribution in [0, 0.1) is 31.1 Å². The van der Waals surface area contributed by atoms with Crippen LogP contribution < -0.4 is 51.4 Å². The second kappa shape index (κ2) is 20.7. The first-order valence-corrected chi connectivity index (χ1v) is 7.02. The number of aliphatic carboxylic acids is 2.